The van der Waals surface area contributed by atoms with Crippen LogP contribution in [0.4, 0.5) is 0 Å². The number of piperidine rings is 1. The zero-order valence-corrected chi connectivity index (χ0v) is 9.88. The Labute approximate surface area is 91.1 Å². The number of rotatable bonds is 2. The van der Waals surface area contributed by atoms with Crippen LogP contribution in [0.25, 0.3) is 0 Å². The zero-order valence-electron chi connectivity index (χ0n) is 9.88. The van der Waals surface area contributed by atoms with E-state index in [2.05, 4.69) is 33.9 Å². The normalized spacial score (nSPS) is 26.9. The van der Waals surface area contributed by atoms with E-state index < -0.39 is 0 Å². The molecule has 1 aromatic rings. The van der Waals surface area contributed by atoms with Crippen LogP contribution >= 0.6 is 0 Å². The molecule has 1 aliphatic heterocycles. The van der Waals surface area contributed by atoms with Crippen molar-refractivity contribution in [2.45, 2.75) is 45.6 Å². The largest absolute Gasteiger partial charge is 0.316 e. The van der Waals surface area contributed by atoms with Gasteiger partial charge in [0.05, 0.1) is 0 Å². The highest BCUT2D eigenvalue weighted by Gasteiger charge is 2.33. The van der Waals surface area contributed by atoms with Crippen LogP contribution in [0.2, 0.25) is 0 Å². The van der Waals surface area contributed by atoms with Crippen LogP contribution in [0.5, 0.6) is 0 Å². The Morgan fingerprint density at radius 3 is 2.87 bits per heavy atom. The topological polar surface area (TPSA) is 42.7 Å². The Morgan fingerprint density at radius 2 is 2.27 bits per heavy atom. The Bertz CT molecular complexity index is 336. The third-order valence-electron chi connectivity index (χ3n) is 3.39. The molecular formula is C11H20N4. The first-order chi connectivity index (χ1) is 7.17. The van der Waals surface area contributed by atoms with E-state index in [4.69, 9.17) is 0 Å². The molecular weight excluding hydrogens is 188 g/mol. The molecule has 0 spiro atoms. The first-order valence-electron chi connectivity index (χ1n) is 5.78. The second-order valence-corrected chi connectivity index (χ2v) is 4.66. The molecule has 1 fully saturated rings. The van der Waals surface area contributed by atoms with Gasteiger partial charge in [-0.15, -0.1) is 10.2 Å². The third kappa shape index (κ3) is 1.78. The lowest BCUT2D eigenvalue weighted by molar-refractivity contribution is 0.313. The SMILES string of the molecule is CCn1c(C)nnc1C1(C)CCCNC1. The van der Waals surface area contributed by atoms with E-state index in [-0.39, 0.29) is 5.41 Å². The Hall–Kier alpha value is -0.900. The second kappa shape index (κ2) is 3.93. The molecule has 1 N–H and O–H groups in total. The fraction of sp³-hybridized carbons (Fsp3) is 0.818. The number of aryl methyl sites for hydroxylation is 1. The van der Waals surface area contributed by atoms with Gasteiger partial charge < -0.3 is 9.88 Å². The highest BCUT2D eigenvalue weighted by molar-refractivity contribution is 5.11. The molecule has 2 rings (SSSR count). The summed E-state index contributed by atoms with van der Waals surface area (Å²) < 4.78 is 2.23. The maximum Gasteiger partial charge on any atom is 0.140 e. The predicted molar refractivity (Wildman–Crippen MR) is 59.9 cm³/mol. The highest BCUT2D eigenvalue weighted by atomic mass is 15.3. The first kappa shape index (κ1) is 10.6. The van der Waals surface area contributed by atoms with Crippen LogP contribution < -0.4 is 5.32 Å². The summed E-state index contributed by atoms with van der Waals surface area (Å²) in [5.41, 5.74) is 0.162. The standard InChI is InChI=1S/C11H20N4/c1-4-15-9(2)13-14-10(15)11(3)6-5-7-12-8-11/h12H,4-8H2,1-3H3. The van der Waals surface area contributed by atoms with Crippen molar-refractivity contribution in [3.8, 4) is 0 Å². The lowest BCUT2D eigenvalue weighted by atomic mass is 9.82. The molecule has 2 heterocycles. The van der Waals surface area contributed by atoms with Crippen molar-refractivity contribution >= 4 is 0 Å². The maximum atomic E-state index is 4.35. The molecule has 15 heavy (non-hydrogen) atoms. The summed E-state index contributed by atoms with van der Waals surface area (Å²) in [6.07, 6.45) is 2.43. The molecule has 0 bridgehead atoms. The number of hydrogen-bond acceptors (Lipinski definition) is 3. The smallest absolute Gasteiger partial charge is 0.140 e. The average Bonchev–Trinajstić information content (AvgIpc) is 2.61. The molecule has 0 aromatic carbocycles. The van der Waals surface area contributed by atoms with Crippen LogP contribution in [-0.2, 0) is 12.0 Å². The summed E-state index contributed by atoms with van der Waals surface area (Å²) in [6.45, 7) is 9.58. The lowest BCUT2D eigenvalue weighted by Crippen LogP contribution is -2.43. The van der Waals surface area contributed by atoms with Gasteiger partial charge >= 0.3 is 0 Å². The van der Waals surface area contributed by atoms with Crippen molar-refractivity contribution in [2.75, 3.05) is 13.1 Å². The molecule has 1 aromatic heterocycles. The first-order valence-corrected chi connectivity index (χ1v) is 5.78. The maximum absolute atomic E-state index is 4.35. The van der Waals surface area contributed by atoms with E-state index in [0.29, 0.717) is 0 Å². The molecule has 0 saturated carbocycles. The molecule has 0 radical (unpaired) electrons. The van der Waals surface area contributed by atoms with E-state index in [0.717, 1.165) is 31.3 Å². The van der Waals surface area contributed by atoms with Gasteiger partial charge in [-0.3, -0.25) is 0 Å². The minimum absolute atomic E-state index is 0.162. The van der Waals surface area contributed by atoms with Gasteiger partial charge in [0.2, 0.25) is 0 Å². The van der Waals surface area contributed by atoms with E-state index >= 15 is 0 Å². The van der Waals surface area contributed by atoms with Crippen molar-refractivity contribution in [3.63, 3.8) is 0 Å². The third-order valence-corrected chi connectivity index (χ3v) is 3.39. The molecule has 84 valence electrons. The van der Waals surface area contributed by atoms with Crippen LogP contribution in [0.3, 0.4) is 0 Å². The predicted octanol–water partition coefficient (Wildman–Crippen LogP) is 1.25. The van der Waals surface area contributed by atoms with Gasteiger partial charge in [0.15, 0.2) is 0 Å². The average molecular weight is 208 g/mol. The quantitative estimate of drug-likeness (QED) is 0.795. The summed E-state index contributed by atoms with van der Waals surface area (Å²) in [5, 5.41) is 12.0. The minimum atomic E-state index is 0.162. The molecule has 1 unspecified atom stereocenters. The molecule has 0 aliphatic carbocycles. The van der Waals surface area contributed by atoms with Crippen molar-refractivity contribution in [1.82, 2.24) is 20.1 Å². The van der Waals surface area contributed by atoms with Crippen LogP contribution in [0, 0.1) is 6.92 Å². The Balaban J connectivity index is 2.34. The van der Waals surface area contributed by atoms with Crippen LogP contribution in [0.1, 0.15) is 38.3 Å². The fourth-order valence-electron chi connectivity index (χ4n) is 2.45. The number of nitrogens with one attached hydrogen (secondary N) is 1. The number of nitrogens with zero attached hydrogens (tertiary/aromatic N) is 3. The Kier molecular flexibility index (Phi) is 2.78. The number of aromatic nitrogens is 3. The molecule has 1 atom stereocenters. The summed E-state index contributed by atoms with van der Waals surface area (Å²) in [5.74, 6) is 2.17. The van der Waals surface area contributed by atoms with Crippen LogP contribution in [0.15, 0.2) is 0 Å². The molecule has 1 saturated heterocycles. The van der Waals surface area contributed by atoms with Gasteiger partial charge in [0, 0.05) is 18.5 Å². The summed E-state index contributed by atoms with van der Waals surface area (Å²) in [4.78, 5) is 0. The van der Waals surface area contributed by atoms with E-state index in [9.17, 15) is 0 Å². The van der Waals surface area contributed by atoms with E-state index in [1.807, 2.05) is 6.92 Å². The second-order valence-electron chi connectivity index (χ2n) is 4.66. The van der Waals surface area contributed by atoms with Crippen molar-refractivity contribution in [1.29, 1.82) is 0 Å². The van der Waals surface area contributed by atoms with Crippen molar-refractivity contribution in [3.05, 3.63) is 11.6 Å². The monoisotopic (exact) mass is 208 g/mol. The lowest BCUT2D eigenvalue weighted by Gasteiger charge is -2.33. The van der Waals surface area contributed by atoms with Gasteiger partial charge in [-0.1, -0.05) is 6.92 Å². The van der Waals surface area contributed by atoms with Crippen LogP contribution in [-0.4, -0.2) is 27.9 Å². The zero-order chi connectivity index (χ0) is 10.9. The summed E-state index contributed by atoms with van der Waals surface area (Å²) >= 11 is 0. The summed E-state index contributed by atoms with van der Waals surface area (Å²) in [7, 11) is 0. The van der Waals surface area contributed by atoms with Gasteiger partial charge in [0.25, 0.3) is 0 Å². The van der Waals surface area contributed by atoms with E-state index in [1.165, 1.54) is 12.8 Å². The molecule has 4 heteroatoms. The van der Waals surface area contributed by atoms with Gasteiger partial charge in [-0.05, 0) is 33.2 Å². The highest BCUT2D eigenvalue weighted by Crippen LogP contribution is 2.29. The van der Waals surface area contributed by atoms with Crippen molar-refractivity contribution in [2.24, 2.45) is 0 Å². The Morgan fingerprint density at radius 1 is 1.47 bits per heavy atom. The van der Waals surface area contributed by atoms with Gasteiger partial charge in [-0.25, -0.2) is 0 Å². The summed E-state index contributed by atoms with van der Waals surface area (Å²) in [6, 6.07) is 0. The van der Waals surface area contributed by atoms with Gasteiger partial charge in [0.1, 0.15) is 11.6 Å². The molecule has 1 aliphatic rings. The number of hydrogen-bond donors (Lipinski definition) is 1. The minimum Gasteiger partial charge on any atom is -0.316 e. The fourth-order valence-corrected chi connectivity index (χ4v) is 2.45. The van der Waals surface area contributed by atoms with Gasteiger partial charge in [-0.2, -0.15) is 0 Å². The molecule has 4 nitrogen and oxygen atoms in total. The van der Waals surface area contributed by atoms with E-state index in [1.54, 1.807) is 0 Å². The molecule has 0 amide bonds. The van der Waals surface area contributed by atoms with Crippen molar-refractivity contribution < 1.29 is 0 Å².